The largest absolute Gasteiger partial charge is 0.339 e. The van der Waals surface area contributed by atoms with Crippen LogP contribution in [-0.4, -0.2) is 6.54 Å². The smallest absolute Gasteiger partial charge is 0.183 e. The molecule has 0 atom stereocenters. The molecule has 0 amide bonds. The molecule has 0 N–H and O–H groups in total. The number of anilines is 2. The second-order valence-corrected chi connectivity index (χ2v) is 4.45. The number of halogens is 2. The van der Waals surface area contributed by atoms with Crippen LogP contribution in [0.2, 0.25) is 0 Å². The molecule has 4 heteroatoms. The number of nitrogens with zero attached hydrogens (tertiary/aromatic N) is 2. The Balaban J connectivity index is 2.50. The lowest BCUT2D eigenvalue weighted by atomic mass is 10.1. The van der Waals surface area contributed by atoms with Gasteiger partial charge >= 0.3 is 0 Å². The fourth-order valence-electron chi connectivity index (χ4n) is 2.05. The summed E-state index contributed by atoms with van der Waals surface area (Å²) in [6.45, 7) is 4.31. The summed E-state index contributed by atoms with van der Waals surface area (Å²) in [6, 6.07) is 11.9. The first-order chi connectivity index (χ1) is 9.58. The molecule has 0 saturated heterocycles. The molecule has 0 aliphatic carbocycles. The number of hydrogen-bond acceptors (Lipinski definition) is 2. The van der Waals surface area contributed by atoms with E-state index in [1.54, 1.807) is 11.0 Å². The van der Waals surface area contributed by atoms with Gasteiger partial charge in [0.2, 0.25) is 0 Å². The van der Waals surface area contributed by atoms with Crippen LogP contribution in [-0.2, 0) is 0 Å². The van der Waals surface area contributed by atoms with Gasteiger partial charge in [0, 0.05) is 12.2 Å². The molecule has 0 aliphatic rings. The second kappa shape index (κ2) is 5.70. The lowest BCUT2D eigenvalue weighted by molar-refractivity contribution is 0.506. The zero-order valence-electron chi connectivity index (χ0n) is 11.3. The van der Waals surface area contributed by atoms with Crippen LogP contribution in [0, 0.1) is 29.9 Å². The van der Waals surface area contributed by atoms with E-state index in [4.69, 9.17) is 5.26 Å². The van der Waals surface area contributed by atoms with Crippen molar-refractivity contribution in [3.63, 3.8) is 0 Å². The van der Waals surface area contributed by atoms with Gasteiger partial charge in [0.05, 0.1) is 11.3 Å². The van der Waals surface area contributed by atoms with Crippen molar-refractivity contribution in [2.45, 2.75) is 13.8 Å². The Morgan fingerprint density at radius 1 is 1.05 bits per heavy atom. The lowest BCUT2D eigenvalue weighted by Crippen LogP contribution is -2.18. The van der Waals surface area contributed by atoms with Crippen molar-refractivity contribution in [1.82, 2.24) is 0 Å². The van der Waals surface area contributed by atoms with Gasteiger partial charge in [0.1, 0.15) is 6.07 Å². The van der Waals surface area contributed by atoms with Crippen LogP contribution >= 0.6 is 0 Å². The molecular formula is C16H14F2N2. The zero-order valence-corrected chi connectivity index (χ0v) is 11.3. The van der Waals surface area contributed by atoms with E-state index in [1.807, 2.05) is 38.1 Å². The highest BCUT2D eigenvalue weighted by molar-refractivity contribution is 5.65. The first-order valence-electron chi connectivity index (χ1n) is 6.30. The van der Waals surface area contributed by atoms with Crippen molar-refractivity contribution < 1.29 is 8.78 Å². The molecule has 2 aromatic rings. The average molecular weight is 272 g/mol. The Hall–Kier alpha value is -2.41. The Bertz CT molecular complexity index is 657. The van der Waals surface area contributed by atoms with E-state index >= 15 is 0 Å². The van der Waals surface area contributed by atoms with Crippen molar-refractivity contribution >= 4 is 11.4 Å². The van der Waals surface area contributed by atoms with Crippen molar-refractivity contribution in [1.29, 1.82) is 5.26 Å². The van der Waals surface area contributed by atoms with Gasteiger partial charge in [-0.1, -0.05) is 17.7 Å². The van der Waals surface area contributed by atoms with Crippen molar-refractivity contribution in [3.05, 3.63) is 59.2 Å². The van der Waals surface area contributed by atoms with Gasteiger partial charge in [-0.15, -0.1) is 0 Å². The number of hydrogen-bond donors (Lipinski definition) is 0. The van der Waals surface area contributed by atoms with Crippen LogP contribution in [0.25, 0.3) is 0 Å². The third-order valence-electron chi connectivity index (χ3n) is 3.14. The van der Waals surface area contributed by atoms with Gasteiger partial charge in [-0.2, -0.15) is 5.26 Å². The van der Waals surface area contributed by atoms with Crippen LogP contribution in [0.4, 0.5) is 20.2 Å². The van der Waals surface area contributed by atoms with Crippen LogP contribution in [0.15, 0.2) is 36.4 Å². The van der Waals surface area contributed by atoms with E-state index in [9.17, 15) is 8.78 Å². The third-order valence-corrected chi connectivity index (χ3v) is 3.14. The second-order valence-electron chi connectivity index (χ2n) is 4.45. The fraction of sp³-hybridized carbons (Fsp3) is 0.188. The van der Waals surface area contributed by atoms with Crippen LogP contribution in [0.1, 0.15) is 18.1 Å². The van der Waals surface area contributed by atoms with Crippen LogP contribution < -0.4 is 4.90 Å². The van der Waals surface area contributed by atoms with Gasteiger partial charge in [0.15, 0.2) is 11.6 Å². The number of benzene rings is 2. The Morgan fingerprint density at radius 3 is 2.25 bits per heavy atom. The third kappa shape index (κ3) is 2.48. The molecule has 0 radical (unpaired) electrons. The molecular weight excluding hydrogens is 258 g/mol. The molecule has 0 fully saturated rings. The highest BCUT2D eigenvalue weighted by atomic mass is 19.2. The van der Waals surface area contributed by atoms with E-state index in [0.29, 0.717) is 6.54 Å². The molecule has 0 heterocycles. The standard InChI is InChI=1S/C16H14F2N2/c1-3-20(13-7-4-11(2)5-8-13)14-9-6-12(10-19)15(17)16(14)18/h4-9H,3H2,1-2H3. The molecule has 0 aliphatic heterocycles. The molecule has 0 spiro atoms. The maximum absolute atomic E-state index is 14.1. The highest BCUT2D eigenvalue weighted by Gasteiger charge is 2.18. The number of nitriles is 1. The lowest BCUT2D eigenvalue weighted by Gasteiger charge is -2.24. The van der Waals surface area contributed by atoms with E-state index in [0.717, 1.165) is 11.3 Å². The predicted octanol–water partition coefficient (Wildman–Crippen LogP) is 4.30. The molecule has 2 nitrogen and oxygen atoms in total. The number of rotatable bonds is 3. The minimum Gasteiger partial charge on any atom is -0.339 e. The van der Waals surface area contributed by atoms with Gasteiger partial charge in [-0.3, -0.25) is 0 Å². The Morgan fingerprint density at radius 2 is 1.70 bits per heavy atom. The summed E-state index contributed by atoms with van der Waals surface area (Å²) < 4.78 is 27.8. The molecule has 2 rings (SSSR count). The number of aryl methyl sites for hydroxylation is 1. The first kappa shape index (κ1) is 14.0. The summed E-state index contributed by atoms with van der Waals surface area (Å²) in [4.78, 5) is 1.67. The Kier molecular flexibility index (Phi) is 3.99. The highest BCUT2D eigenvalue weighted by Crippen LogP contribution is 2.30. The van der Waals surface area contributed by atoms with Gasteiger partial charge in [-0.25, -0.2) is 8.78 Å². The maximum atomic E-state index is 14.1. The maximum Gasteiger partial charge on any atom is 0.183 e. The molecule has 0 saturated carbocycles. The van der Waals surface area contributed by atoms with E-state index in [2.05, 4.69) is 0 Å². The van der Waals surface area contributed by atoms with Crippen LogP contribution in [0.3, 0.4) is 0 Å². The van der Waals surface area contributed by atoms with Crippen molar-refractivity contribution in [2.75, 3.05) is 11.4 Å². The van der Waals surface area contributed by atoms with Gasteiger partial charge < -0.3 is 4.90 Å². The Labute approximate surface area is 116 Å². The molecule has 102 valence electrons. The zero-order chi connectivity index (χ0) is 14.7. The van der Waals surface area contributed by atoms with E-state index in [-0.39, 0.29) is 11.3 Å². The van der Waals surface area contributed by atoms with Crippen LogP contribution in [0.5, 0.6) is 0 Å². The minimum atomic E-state index is -1.10. The quantitative estimate of drug-likeness (QED) is 0.832. The fourth-order valence-corrected chi connectivity index (χ4v) is 2.05. The summed E-state index contributed by atoms with van der Waals surface area (Å²) in [5.74, 6) is -2.10. The first-order valence-corrected chi connectivity index (χ1v) is 6.30. The SMILES string of the molecule is CCN(c1ccc(C)cc1)c1ccc(C#N)c(F)c1F. The topological polar surface area (TPSA) is 27.0 Å². The predicted molar refractivity (Wildman–Crippen MR) is 74.9 cm³/mol. The van der Waals surface area contributed by atoms with Crippen molar-refractivity contribution in [3.8, 4) is 6.07 Å². The molecule has 0 bridgehead atoms. The average Bonchev–Trinajstić information content (AvgIpc) is 2.46. The minimum absolute atomic E-state index is 0.132. The van der Waals surface area contributed by atoms with E-state index < -0.39 is 11.6 Å². The summed E-state index contributed by atoms with van der Waals surface area (Å²) in [6.07, 6.45) is 0. The summed E-state index contributed by atoms with van der Waals surface area (Å²) >= 11 is 0. The van der Waals surface area contributed by atoms with Gasteiger partial charge in [-0.05, 0) is 38.1 Å². The normalized spacial score (nSPS) is 10.2. The van der Waals surface area contributed by atoms with Crippen molar-refractivity contribution in [2.24, 2.45) is 0 Å². The summed E-state index contributed by atoms with van der Waals surface area (Å²) in [5.41, 5.74) is 1.72. The molecule has 0 aromatic heterocycles. The van der Waals surface area contributed by atoms with Gasteiger partial charge in [0.25, 0.3) is 0 Å². The molecule has 20 heavy (non-hydrogen) atoms. The monoisotopic (exact) mass is 272 g/mol. The van der Waals surface area contributed by atoms with E-state index in [1.165, 1.54) is 12.1 Å². The summed E-state index contributed by atoms with van der Waals surface area (Å²) in [5, 5.41) is 8.71. The molecule has 2 aromatic carbocycles. The summed E-state index contributed by atoms with van der Waals surface area (Å²) in [7, 11) is 0. The molecule has 0 unspecified atom stereocenters.